The van der Waals surface area contributed by atoms with Crippen LogP contribution in [-0.4, -0.2) is 35.0 Å². The fourth-order valence-electron chi connectivity index (χ4n) is 0. The molecule has 0 unspecified atom stereocenters. The van der Waals surface area contributed by atoms with Gasteiger partial charge in [-0.25, -0.2) is 0 Å². The van der Waals surface area contributed by atoms with Crippen molar-refractivity contribution in [2.24, 2.45) is 0 Å². The predicted molar refractivity (Wildman–Crippen MR) is 20.9 cm³/mol. The molecule has 0 fully saturated rings. The van der Waals surface area contributed by atoms with Gasteiger partial charge in [0.1, 0.15) is 0 Å². The number of hydrogen-bond donors (Lipinski definition) is 0. The molecule has 1 radical (unpaired) electrons. The third kappa shape index (κ3) is 1650. The van der Waals surface area contributed by atoms with Crippen LogP contribution in [0, 0.1) is 0 Å². The molecule has 12 heteroatoms. The van der Waals surface area contributed by atoms with E-state index in [4.69, 9.17) is 35.0 Å². The second-order valence-corrected chi connectivity index (χ2v) is 2.45. The van der Waals surface area contributed by atoms with Crippen LogP contribution in [0.4, 0.5) is 0 Å². The quantitative estimate of drug-likeness (QED) is 0.265. The Labute approximate surface area is 90.1 Å². The maximum atomic E-state index is 8.52. The third-order valence-corrected chi connectivity index (χ3v) is 0. The zero-order valence-electron chi connectivity index (χ0n) is 4.79. The van der Waals surface area contributed by atoms with Gasteiger partial charge in [0.25, 0.3) is 0 Å². The SMILES string of the molecule is O=S(=O)([O-])[O-].O=S(=O)([O-])[O-].[Cr+3].[Cu+]. The van der Waals surface area contributed by atoms with E-state index >= 15 is 0 Å². The molecular formula is CrCuO8S2. The van der Waals surface area contributed by atoms with E-state index in [2.05, 4.69) is 0 Å². The molecule has 8 nitrogen and oxygen atoms in total. The van der Waals surface area contributed by atoms with Crippen LogP contribution in [0.1, 0.15) is 0 Å². The smallest absolute Gasteiger partial charge is 0.759 e. The van der Waals surface area contributed by atoms with Crippen molar-refractivity contribution in [3.63, 3.8) is 0 Å². The molecule has 0 saturated heterocycles. The van der Waals surface area contributed by atoms with E-state index in [-0.39, 0.29) is 34.4 Å². The van der Waals surface area contributed by atoms with Gasteiger partial charge in [-0.05, 0) is 0 Å². The van der Waals surface area contributed by atoms with Crippen LogP contribution in [0.3, 0.4) is 0 Å². The molecule has 0 amide bonds. The van der Waals surface area contributed by atoms with E-state index in [9.17, 15) is 0 Å². The molecule has 0 N–H and O–H groups in total. The Bertz CT molecular complexity index is 213. The van der Waals surface area contributed by atoms with Crippen LogP contribution >= 0.6 is 0 Å². The first-order chi connectivity index (χ1) is 4.00. The van der Waals surface area contributed by atoms with E-state index in [1.165, 1.54) is 0 Å². The molecule has 0 heterocycles. The van der Waals surface area contributed by atoms with E-state index < -0.39 is 20.8 Å². The standard InChI is InChI=1S/Cr.Cu.2H2O4S/c;;2*1-5(2,3)4/h;;2*(H2,1,2,3,4)/q+3;+1;;/p-4. The molecule has 0 aromatic heterocycles. The van der Waals surface area contributed by atoms with Crippen molar-refractivity contribution >= 4 is 20.8 Å². The number of rotatable bonds is 0. The molecule has 12 heavy (non-hydrogen) atoms. The van der Waals surface area contributed by atoms with Crippen LogP contribution in [0.15, 0.2) is 0 Å². The van der Waals surface area contributed by atoms with Crippen LogP contribution < -0.4 is 0 Å². The minimum absolute atomic E-state index is 0. The zero-order valence-corrected chi connectivity index (χ0v) is 8.64. The second kappa shape index (κ2) is 8.39. The summed E-state index contributed by atoms with van der Waals surface area (Å²) in [5, 5.41) is 0. The molecular weight excluding hydrogens is 308 g/mol. The van der Waals surface area contributed by atoms with Crippen LogP contribution in [-0.2, 0) is 55.2 Å². The van der Waals surface area contributed by atoms with E-state index in [0.717, 1.165) is 0 Å². The molecule has 77 valence electrons. The molecule has 0 aromatic rings. The van der Waals surface area contributed by atoms with Crippen molar-refractivity contribution in [3.05, 3.63) is 0 Å². The van der Waals surface area contributed by atoms with Crippen LogP contribution in [0.5, 0.6) is 0 Å². The molecule has 0 rings (SSSR count). The van der Waals surface area contributed by atoms with Gasteiger partial charge in [-0.3, -0.25) is 16.8 Å². The Morgan fingerprint density at radius 2 is 0.667 bits per heavy atom. The third-order valence-electron chi connectivity index (χ3n) is 0. The molecule has 0 aliphatic carbocycles. The molecule has 0 bridgehead atoms. The largest absolute Gasteiger partial charge is 3.00 e. The summed E-state index contributed by atoms with van der Waals surface area (Å²) >= 11 is 0. The Balaban J connectivity index is -0.0000000457. The summed E-state index contributed by atoms with van der Waals surface area (Å²) in [6, 6.07) is 0. The molecule has 0 atom stereocenters. The topological polar surface area (TPSA) is 161 Å². The average molecular weight is 308 g/mol. The van der Waals surface area contributed by atoms with Gasteiger partial charge >= 0.3 is 34.4 Å². The van der Waals surface area contributed by atoms with Crippen LogP contribution in [0.25, 0.3) is 0 Å². The van der Waals surface area contributed by atoms with Crippen molar-refractivity contribution < 1.29 is 69.5 Å². The number of hydrogen-bond acceptors (Lipinski definition) is 8. The maximum absolute atomic E-state index is 8.52. The average Bonchev–Trinajstić information content (AvgIpc) is 1.12. The fraction of sp³-hybridized carbons (Fsp3) is 0. The minimum atomic E-state index is -5.17. The Hall–Kier alpha value is 0.792. The monoisotopic (exact) mass is 307 g/mol. The van der Waals surface area contributed by atoms with Gasteiger partial charge in [0.2, 0.25) is 0 Å². The Morgan fingerprint density at radius 3 is 0.667 bits per heavy atom. The fourth-order valence-corrected chi connectivity index (χ4v) is 0. The summed E-state index contributed by atoms with van der Waals surface area (Å²) in [7, 11) is -10.3. The van der Waals surface area contributed by atoms with Gasteiger partial charge in [0.05, 0.1) is 0 Å². The van der Waals surface area contributed by atoms with Crippen molar-refractivity contribution in [2.75, 3.05) is 0 Å². The molecule has 0 aliphatic heterocycles. The second-order valence-electron chi connectivity index (χ2n) is 0.816. The Morgan fingerprint density at radius 1 is 0.667 bits per heavy atom. The van der Waals surface area contributed by atoms with Gasteiger partial charge < -0.3 is 18.2 Å². The summed E-state index contributed by atoms with van der Waals surface area (Å²) < 4.78 is 68.2. The normalized spacial score (nSPS) is 9.67. The van der Waals surface area contributed by atoms with Crippen molar-refractivity contribution in [1.82, 2.24) is 0 Å². The van der Waals surface area contributed by atoms with Crippen molar-refractivity contribution in [2.45, 2.75) is 0 Å². The molecule has 0 saturated carbocycles. The summed E-state index contributed by atoms with van der Waals surface area (Å²) in [5.74, 6) is 0. The first kappa shape index (κ1) is 23.0. The van der Waals surface area contributed by atoms with Crippen LogP contribution in [0.2, 0.25) is 0 Å². The van der Waals surface area contributed by atoms with Crippen molar-refractivity contribution in [1.29, 1.82) is 0 Å². The Kier molecular flexibility index (Phi) is 16.1. The first-order valence-corrected chi connectivity index (χ1v) is 4.00. The summed E-state index contributed by atoms with van der Waals surface area (Å²) in [5.41, 5.74) is 0. The minimum Gasteiger partial charge on any atom is -0.759 e. The zero-order chi connectivity index (χ0) is 9.00. The van der Waals surface area contributed by atoms with Gasteiger partial charge in [-0.2, -0.15) is 0 Å². The summed E-state index contributed by atoms with van der Waals surface area (Å²) in [6.07, 6.45) is 0. The van der Waals surface area contributed by atoms with E-state index in [1.807, 2.05) is 0 Å². The predicted octanol–water partition coefficient (Wildman–Crippen LogP) is -2.68. The van der Waals surface area contributed by atoms with E-state index in [1.54, 1.807) is 0 Å². The van der Waals surface area contributed by atoms with Gasteiger partial charge in [0.15, 0.2) is 0 Å². The first-order valence-electron chi connectivity index (χ1n) is 1.33. The maximum Gasteiger partial charge on any atom is 3.00 e. The summed E-state index contributed by atoms with van der Waals surface area (Å²) in [6.45, 7) is 0. The molecule has 0 spiro atoms. The van der Waals surface area contributed by atoms with Gasteiger partial charge in [0, 0.05) is 20.8 Å². The van der Waals surface area contributed by atoms with E-state index in [0.29, 0.717) is 0 Å². The molecule has 0 aliphatic rings. The molecule has 0 aromatic carbocycles. The van der Waals surface area contributed by atoms with Gasteiger partial charge in [-0.15, -0.1) is 0 Å². The van der Waals surface area contributed by atoms with Gasteiger partial charge in [-0.1, -0.05) is 0 Å². The summed E-state index contributed by atoms with van der Waals surface area (Å²) in [4.78, 5) is 0. The van der Waals surface area contributed by atoms with Crippen molar-refractivity contribution in [3.8, 4) is 0 Å².